The van der Waals surface area contributed by atoms with Crippen LogP contribution in [-0.4, -0.2) is 0 Å². The van der Waals surface area contributed by atoms with Gasteiger partial charge in [0.15, 0.2) is 0 Å². The zero-order valence-electron chi connectivity index (χ0n) is 34.4. The fraction of sp³-hybridized carbons (Fsp3) is 0. The number of anilines is 6. The number of benzene rings is 10. The second-order valence-electron chi connectivity index (χ2n) is 15.4. The topological polar surface area (TPSA) is 6.48 Å². The molecule has 10 aromatic carbocycles. The first-order valence-corrected chi connectivity index (χ1v) is 21.1. The van der Waals surface area contributed by atoms with Crippen LogP contribution < -0.4 is 9.80 Å². The van der Waals surface area contributed by atoms with Crippen LogP contribution in [0.1, 0.15) is 11.1 Å². The zero-order chi connectivity index (χ0) is 41.8. The molecule has 0 aliphatic carbocycles. The normalized spacial score (nSPS) is 11.0. The van der Waals surface area contributed by atoms with Crippen molar-refractivity contribution in [3.8, 4) is 33.4 Å². The molecule has 10 rings (SSSR count). The molecule has 10 aromatic rings. The van der Waals surface area contributed by atoms with Gasteiger partial charge < -0.3 is 9.80 Å². The minimum atomic E-state index is 1.08. The van der Waals surface area contributed by atoms with Crippen LogP contribution in [0.25, 0.3) is 67.1 Å². The summed E-state index contributed by atoms with van der Waals surface area (Å²) in [4.78, 5) is 4.72. The highest BCUT2D eigenvalue weighted by Crippen LogP contribution is 2.43. The van der Waals surface area contributed by atoms with Crippen molar-refractivity contribution in [3.05, 3.63) is 255 Å². The Morgan fingerprint density at radius 2 is 0.500 bits per heavy atom. The Kier molecular flexibility index (Phi) is 10.3. The summed E-state index contributed by atoms with van der Waals surface area (Å²) in [5, 5.41) is 4.69. The highest BCUT2D eigenvalue weighted by Gasteiger charge is 2.19. The van der Waals surface area contributed by atoms with Gasteiger partial charge >= 0.3 is 0 Å². The predicted octanol–water partition coefficient (Wildman–Crippen LogP) is 17.2. The van der Waals surface area contributed by atoms with Gasteiger partial charge in [0.2, 0.25) is 0 Å². The Balaban J connectivity index is 1.02. The van der Waals surface area contributed by atoms with Crippen LogP contribution in [0.3, 0.4) is 0 Å². The molecule has 0 aliphatic heterocycles. The number of fused-ring (bicyclic) bond motifs is 2. The molecule has 0 spiro atoms. The molecule has 294 valence electrons. The Morgan fingerprint density at radius 1 is 0.242 bits per heavy atom. The molecule has 0 aliphatic rings. The molecular weight excluding hydrogens is 749 g/mol. The Bertz CT molecular complexity index is 2950. The molecule has 0 amide bonds. The van der Waals surface area contributed by atoms with Gasteiger partial charge in [-0.15, -0.1) is 0 Å². The molecule has 0 saturated carbocycles. The van der Waals surface area contributed by atoms with E-state index in [0.29, 0.717) is 0 Å². The van der Waals surface area contributed by atoms with Gasteiger partial charge in [-0.2, -0.15) is 0 Å². The Hall–Kier alpha value is -8.20. The molecule has 0 bridgehead atoms. The van der Waals surface area contributed by atoms with E-state index < -0.39 is 0 Å². The van der Waals surface area contributed by atoms with E-state index >= 15 is 0 Å². The molecule has 2 heteroatoms. The van der Waals surface area contributed by atoms with Crippen molar-refractivity contribution in [3.63, 3.8) is 0 Å². The second-order valence-corrected chi connectivity index (χ2v) is 15.4. The fourth-order valence-electron chi connectivity index (χ4n) is 8.69. The van der Waals surface area contributed by atoms with E-state index in [1.165, 1.54) is 43.8 Å². The maximum atomic E-state index is 4.11. The van der Waals surface area contributed by atoms with E-state index in [4.69, 9.17) is 0 Å². The van der Waals surface area contributed by atoms with Gasteiger partial charge in [0.25, 0.3) is 0 Å². The highest BCUT2D eigenvalue weighted by atomic mass is 15.1. The van der Waals surface area contributed by atoms with Crippen LogP contribution in [0.5, 0.6) is 0 Å². The smallest absolute Gasteiger partial charge is 0.0540 e. The molecule has 0 saturated heterocycles. The quantitative estimate of drug-likeness (QED) is 0.129. The van der Waals surface area contributed by atoms with Gasteiger partial charge in [0.05, 0.1) is 11.4 Å². The molecule has 0 radical (unpaired) electrons. The van der Waals surface area contributed by atoms with Gasteiger partial charge in [-0.25, -0.2) is 0 Å². The molecule has 0 unspecified atom stereocenters. The van der Waals surface area contributed by atoms with Gasteiger partial charge in [-0.05, 0) is 116 Å². The predicted molar refractivity (Wildman–Crippen MR) is 267 cm³/mol. The van der Waals surface area contributed by atoms with E-state index in [0.717, 1.165) is 56.4 Å². The lowest BCUT2D eigenvalue weighted by Crippen LogP contribution is -2.11. The molecule has 62 heavy (non-hydrogen) atoms. The number of hydrogen-bond acceptors (Lipinski definition) is 2. The Morgan fingerprint density at radius 3 is 0.790 bits per heavy atom. The van der Waals surface area contributed by atoms with Gasteiger partial charge in [0, 0.05) is 33.5 Å². The summed E-state index contributed by atoms with van der Waals surface area (Å²) < 4.78 is 0. The first-order chi connectivity index (χ1) is 30.7. The van der Waals surface area contributed by atoms with Crippen molar-refractivity contribution in [1.29, 1.82) is 0 Å². The third-order valence-electron chi connectivity index (χ3n) is 11.8. The van der Waals surface area contributed by atoms with E-state index in [1.54, 1.807) is 0 Å². The minimum Gasteiger partial charge on any atom is -0.310 e. The van der Waals surface area contributed by atoms with E-state index in [1.807, 2.05) is 12.2 Å². The Labute approximate surface area is 364 Å². The van der Waals surface area contributed by atoms with Crippen molar-refractivity contribution in [2.75, 3.05) is 9.80 Å². The monoisotopic (exact) mass is 792 g/mol. The number of rotatable bonds is 11. The van der Waals surface area contributed by atoms with E-state index in [-0.39, 0.29) is 0 Å². The van der Waals surface area contributed by atoms with Crippen LogP contribution in [0.4, 0.5) is 34.1 Å². The molecular formula is C60H44N2. The largest absolute Gasteiger partial charge is 0.310 e. The van der Waals surface area contributed by atoms with Crippen LogP contribution in [0.2, 0.25) is 0 Å². The first kappa shape index (κ1) is 38.0. The SMILES string of the molecule is C=Cc1ccc(N(c2ccc(-c3ccccc3)cc2)c2ccc(-c3ccc(N(c4ccc(-c5ccccc5)cc4)c4ccc(C=C)c5ccccc45)cc3)cc2)c2ccccc12. The molecule has 0 heterocycles. The summed E-state index contributed by atoms with van der Waals surface area (Å²) in [7, 11) is 0. The summed E-state index contributed by atoms with van der Waals surface area (Å²) in [6.07, 6.45) is 3.87. The van der Waals surface area contributed by atoms with Gasteiger partial charge in [0.1, 0.15) is 0 Å². The summed E-state index contributed by atoms with van der Waals surface area (Å²) >= 11 is 0. The average Bonchev–Trinajstić information content (AvgIpc) is 3.35. The summed E-state index contributed by atoms with van der Waals surface area (Å²) in [6, 6.07) is 82.7. The van der Waals surface area contributed by atoms with Gasteiger partial charge in [-0.3, -0.25) is 0 Å². The van der Waals surface area contributed by atoms with Crippen molar-refractivity contribution in [2.45, 2.75) is 0 Å². The molecule has 2 nitrogen and oxygen atoms in total. The molecule has 0 fully saturated rings. The van der Waals surface area contributed by atoms with Crippen molar-refractivity contribution in [2.24, 2.45) is 0 Å². The first-order valence-electron chi connectivity index (χ1n) is 21.1. The third kappa shape index (κ3) is 7.25. The number of hydrogen-bond donors (Lipinski definition) is 0. The van der Waals surface area contributed by atoms with E-state index in [9.17, 15) is 0 Å². The minimum absolute atomic E-state index is 1.08. The van der Waals surface area contributed by atoms with Crippen molar-refractivity contribution < 1.29 is 0 Å². The molecule has 0 N–H and O–H groups in total. The van der Waals surface area contributed by atoms with Crippen molar-refractivity contribution >= 4 is 67.8 Å². The molecule has 0 atom stereocenters. The standard InChI is InChI=1S/C60H44N2/c1-3-43-31-41-59(57-21-13-11-19-55(43)57)61(51-33-23-47(24-34-51)45-15-7-5-8-16-45)53-37-27-49(28-38-53)50-29-39-54(40-30-50)62(52-35-25-48(26-36-52)46-17-9-6-10-18-46)60-42-32-44(4-2)56-20-12-14-22-58(56)60/h3-42H,1-2H2. The number of nitrogens with zero attached hydrogens (tertiary/aromatic N) is 2. The summed E-state index contributed by atoms with van der Waals surface area (Å²) in [5.41, 5.74) is 15.8. The summed E-state index contributed by atoms with van der Waals surface area (Å²) in [5.74, 6) is 0. The molecule has 0 aromatic heterocycles. The third-order valence-corrected chi connectivity index (χ3v) is 11.8. The lowest BCUT2D eigenvalue weighted by atomic mass is 9.99. The van der Waals surface area contributed by atoms with Crippen molar-refractivity contribution in [1.82, 2.24) is 0 Å². The van der Waals surface area contributed by atoms with Crippen LogP contribution >= 0.6 is 0 Å². The maximum absolute atomic E-state index is 4.11. The lowest BCUT2D eigenvalue weighted by Gasteiger charge is -2.28. The zero-order valence-corrected chi connectivity index (χ0v) is 34.4. The maximum Gasteiger partial charge on any atom is 0.0540 e. The van der Waals surface area contributed by atoms with Gasteiger partial charge in [-0.1, -0.05) is 195 Å². The van der Waals surface area contributed by atoms with Crippen LogP contribution in [0, 0.1) is 0 Å². The highest BCUT2D eigenvalue weighted by molar-refractivity contribution is 6.04. The summed E-state index contributed by atoms with van der Waals surface area (Å²) in [6.45, 7) is 8.21. The van der Waals surface area contributed by atoms with E-state index in [2.05, 4.69) is 253 Å². The average molecular weight is 793 g/mol. The second kappa shape index (κ2) is 16.8. The van der Waals surface area contributed by atoms with Crippen LogP contribution in [-0.2, 0) is 0 Å². The lowest BCUT2D eigenvalue weighted by molar-refractivity contribution is 1.29. The fourth-order valence-corrected chi connectivity index (χ4v) is 8.69. The van der Waals surface area contributed by atoms with Crippen LogP contribution in [0.15, 0.2) is 244 Å².